The fourth-order valence-electron chi connectivity index (χ4n) is 2.62. The van der Waals surface area contributed by atoms with Crippen molar-refractivity contribution in [3.8, 4) is 0 Å². The molecule has 0 atom stereocenters. The second-order valence-electron chi connectivity index (χ2n) is 4.55. The molecule has 0 spiro atoms. The van der Waals surface area contributed by atoms with E-state index in [2.05, 4.69) is 32.6 Å². The Morgan fingerprint density at radius 1 is 1.19 bits per heavy atom. The fraction of sp³-hybridized carbons (Fsp3) is 0.462. The molecule has 2 nitrogen and oxygen atoms in total. The van der Waals surface area contributed by atoms with E-state index in [4.69, 9.17) is 4.98 Å². The van der Waals surface area contributed by atoms with Crippen LogP contribution in [0.25, 0.3) is 5.65 Å². The molecule has 2 aromatic heterocycles. The highest BCUT2D eigenvalue weighted by atomic mass is 79.9. The van der Waals surface area contributed by atoms with Gasteiger partial charge in [0.15, 0.2) is 0 Å². The minimum absolute atomic E-state index is 0.656. The van der Waals surface area contributed by atoms with Gasteiger partial charge in [0.05, 0.1) is 5.69 Å². The zero-order valence-corrected chi connectivity index (χ0v) is 10.8. The van der Waals surface area contributed by atoms with Gasteiger partial charge in [-0.05, 0) is 40.9 Å². The molecule has 0 bridgehead atoms. The second-order valence-corrected chi connectivity index (χ2v) is 5.30. The third-order valence-corrected chi connectivity index (χ3v) is 4.28. The Bertz CT molecular complexity index is 498. The molecule has 0 radical (unpaired) electrons. The molecule has 0 unspecified atom stereocenters. The second kappa shape index (κ2) is 4.21. The molecule has 1 aliphatic carbocycles. The third-order valence-electron chi connectivity index (χ3n) is 3.49. The summed E-state index contributed by atoms with van der Waals surface area (Å²) >= 11 is 3.69. The van der Waals surface area contributed by atoms with E-state index in [-0.39, 0.29) is 0 Å². The highest BCUT2D eigenvalue weighted by Gasteiger charge is 2.21. The Morgan fingerprint density at radius 2 is 2.00 bits per heavy atom. The molecular weight excluding hydrogens is 264 g/mol. The average Bonchev–Trinajstić information content (AvgIpc) is 2.69. The van der Waals surface area contributed by atoms with Crippen molar-refractivity contribution in [2.75, 3.05) is 0 Å². The topological polar surface area (TPSA) is 17.3 Å². The molecule has 2 aromatic rings. The van der Waals surface area contributed by atoms with Crippen molar-refractivity contribution in [1.82, 2.24) is 9.38 Å². The average molecular weight is 279 g/mol. The summed E-state index contributed by atoms with van der Waals surface area (Å²) in [6, 6.07) is 6.15. The number of rotatable bonds is 1. The maximum Gasteiger partial charge on any atom is 0.137 e. The van der Waals surface area contributed by atoms with Crippen molar-refractivity contribution in [1.29, 1.82) is 0 Å². The molecule has 0 saturated heterocycles. The Hall–Kier alpha value is -0.830. The van der Waals surface area contributed by atoms with E-state index in [0.717, 1.165) is 10.3 Å². The van der Waals surface area contributed by atoms with Crippen molar-refractivity contribution in [3.05, 3.63) is 34.7 Å². The van der Waals surface area contributed by atoms with E-state index >= 15 is 0 Å². The van der Waals surface area contributed by atoms with Gasteiger partial charge in [-0.3, -0.25) is 4.40 Å². The molecular formula is C13H15BrN2. The Labute approximate surface area is 104 Å². The van der Waals surface area contributed by atoms with Crippen molar-refractivity contribution in [2.45, 2.75) is 38.0 Å². The van der Waals surface area contributed by atoms with Gasteiger partial charge in [-0.15, -0.1) is 0 Å². The molecule has 3 rings (SSSR count). The monoisotopic (exact) mass is 278 g/mol. The van der Waals surface area contributed by atoms with Crippen LogP contribution in [-0.2, 0) is 0 Å². The third kappa shape index (κ3) is 1.67. The number of hydrogen-bond donors (Lipinski definition) is 0. The molecule has 1 saturated carbocycles. The lowest BCUT2D eigenvalue weighted by Crippen LogP contribution is -2.05. The van der Waals surface area contributed by atoms with Crippen LogP contribution in [0.5, 0.6) is 0 Å². The lowest BCUT2D eigenvalue weighted by atomic mass is 9.87. The molecule has 2 heterocycles. The van der Waals surface area contributed by atoms with Gasteiger partial charge < -0.3 is 0 Å². The summed E-state index contributed by atoms with van der Waals surface area (Å²) in [4.78, 5) is 4.75. The van der Waals surface area contributed by atoms with Crippen LogP contribution in [-0.4, -0.2) is 9.38 Å². The maximum absolute atomic E-state index is 4.75. The van der Waals surface area contributed by atoms with Crippen LogP contribution in [0.3, 0.4) is 0 Å². The summed E-state index contributed by atoms with van der Waals surface area (Å²) in [5.74, 6) is 0.656. The minimum atomic E-state index is 0.656. The Morgan fingerprint density at radius 3 is 2.75 bits per heavy atom. The van der Waals surface area contributed by atoms with Gasteiger partial charge in [0.25, 0.3) is 0 Å². The number of fused-ring (bicyclic) bond motifs is 1. The first-order valence-corrected chi connectivity index (χ1v) is 6.78. The van der Waals surface area contributed by atoms with Crippen molar-refractivity contribution in [3.63, 3.8) is 0 Å². The van der Waals surface area contributed by atoms with Crippen molar-refractivity contribution >= 4 is 21.6 Å². The Balaban J connectivity index is 2.05. The summed E-state index contributed by atoms with van der Waals surface area (Å²) < 4.78 is 3.28. The Kier molecular flexibility index (Phi) is 2.72. The lowest BCUT2D eigenvalue weighted by molar-refractivity contribution is 0.436. The van der Waals surface area contributed by atoms with Gasteiger partial charge in [-0.1, -0.05) is 25.3 Å². The number of aromatic nitrogens is 2. The molecule has 1 fully saturated rings. The summed E-state index contributed by atoms with van der Waals surface area (Å²) in [6.07, 6.45) is 8.75. The van der Waals surface area contributed by atoms with E-state index in [0.29, 0.717) is 5.92 Å². The molecule has 16 heavy (non-hydrogen) atoms. The van der Waals surface area contributed by atoms with Crippen LogP contribution in [0.1, 0.15) is 43.7 Å². The smallest absolute Gasteiger partial charge is 0.137 e. The number of pyridine rings is 1. The molecule has 0 N–H and O–H groups in total. The van der Waals surface area contributed by atoms with Gasteiger partial charge in [0.1, 0.15) is 10.3 Å². The largest absolute Gasteiger partial charge is 0.294 e. The number of hydrogen-bond acceptors (Lipinski definition) is 1. The molecule has 3 heteroatoms. The van der Waals surface area contributed by atoms with E-state index in [9.17, 15) is 0 Å². The highest BCUT2D eigenvalue weighted by Crippen LogP contribution is 2.36. The van der Waals surface area contributed by atoms with Gasteiger partial charge in [-0.25, -0.2) is 4.98 Å². The van der Waals surface area contributed by atoms with Crippen LogP contribution in [0.2, 0.25) is 0 Å². The summed E-state index contributed by atoms with van der Waals surface area (Å²) in [6.45, 7) is 0. The first kappa shape index (κ1) is 10.3. The zero-order chi connectivity index (χ0) is 11.0. The van der Waals surface area contributed by atoms with Gasteiger partial charge in [-0.2, -0.15) is 0 Å². The maximum atomic E-state index is 4.75. The first-order valence-electron chi connectivity index (χ1n) is 5.99. The summed E-state index contributed by atoms with van der Waals surface area (Å²) in [5, 5.41) is 0. The van der Waals surface area contributed by atoms with Crippen LogP contribution in [0.15, 0.2) is 29.0 Å². The number of nitrogens with zero attached hydrogens (tertiary/aromatic N) is 2. The fourth-order valence-corrected chi connectivity index (χ4v) is 3.33. The standard InChI is InChI=1S/C13H15BrN2/c14-13-12(10-6-2-1-3-7-10)15-11-8-4-5-9-16(11)13/h4-5,8-10H,1-3,6-7H2. The number of halogens is 1. The van der Waals surface area contributed by atoms with Crippen LogP contribution in [0.4, 0.5) is 0 Å². The predicted molar refractivity (Wildman–Crippen MR) is 68.7 cm³/mol. The summed E-state index contributed by atoms with van der Waals surface area (Å²) in [5.41, 5.74) is 2.31. The number of imidazole rings is 1. The summed E-state index contributed by atoms with van der Waals surface area (Å²) in [7, 11) is 0. The zero-order valence-electron chi connectivity index (χ0n) is 9.19. The SMILES string of the molecule is Brc1c(C2CCCCC2)nc2ccccn12. The molecule has 0 aliphatic heterocycles. The predicted octanol–water partition coefficient (Wildman–Crippen LogP) is 4.14. The molecule has 1 aliphatic rings. The van der Waals surface area contributed by atoms with E-state index < -0.39 is 0 Å². The molecule has 84 valence electrons. The van der Waals surface area contributed by atoms with E-state index in [1.54, 1.807) is 0 Å². The normalized spacial score (nSPS) is 18.1. The van der Waals surface area contributed by atoms with Crippen molar-refractivity contribution < 1.29 is 0 Å². The highest BCUT2D eigenvalue weighted by molar-refractivity contribution is 9.10. The van der Waals surface area contributed by atoms with Gasteiger partial charge in [0, 0.05) is 12.1 Å². The molecule has 0 amide bonds. The van der Waals surface area contributed by atoms with E-state index in [1.165, 1.54) is 37.8 Å². The molecule has 0 aromatic carbocycles. The van der Waals surface area contributed by atoms with Crippen LogP contribution >= 0.6 is 15.9 Å². The first-order chi connectivity index (χ1) is 7.86. The van der Waals surface area contributed by atoms with Gasteiger partial charge >= 0.3 is 0 Å². The lowest BCUT2D eigenvalue weighted by Gasteiger charge is -2.19. The van der Waals surface area contributed by atoms with Gasteiger partial charge in [0.2, 0.25) is 0 Å². The van der Waals surface area contributed by atoms with E-state index in [1.807, 2.05) is 12.1 Å². The van der Waals surface area contributed by atoms with Crippen molar-refractivity contribution in [2.24, 2.45) is 0 Å². The minimum Gasteiger partial charge on any atom is -0.294 e. The quantitative estimate of drug-likeness (QED) is 0.766. The van der Waals surface area contributed by atoms with Crippen LogP contribution in [0, 0.1) is 0 Å². The van der Waals surface area contributed by atoms with Crippen LogP contribution < -0.4 is 0 Å².